The van der Waals surface area contributed by atoms with Crippen LogP contribution in [-0.4, -0.2) is 19.7 Å². The van der Waals surface area contributed by atoms with Gasteiger partial charge in [0.25, 0.3) is 0 Å². The van der Waals surface area contributed by atoms with Gasteiger partial charge in [0.2, 0.25) is 0 Å². The van der Waals surface area contributed by atoms with Crippen LogP contribution in [0.3, 0.4) is 0 Å². The third kappa shape index (κ3) is 3.21. The molecule has 6 heteroatoms. The Kier molecular flexibility index (Phi) is 4.23. The molecule has 0 aliphatic heterocycles. The standard InChI is InChI=1S/C20H20N6/c1-2-26-13-16(12-24-26)19-8-6-17(21)20(25-19)23-11-14-5-7-18-15(10-14)4-3-9-22-18/h3-10,12-13H,2,11,21H2,1H3,(H,23,25). The molecule has 0 saturated carbocycles. The highest BCUT2D eigenvalue weighted by Crippen LogP contribution is 2.24. The predicted molar refractivity (Wildman–Crippen MR) is 105 cm³/mol. The quantitative estimate of drug-likeness (QED) is 0.577. The Balaban J connectivity index is 1.56. The van der Waals surface area contributed by atoms with Crippen LogP contribution in [-0.2, 0) is 13.1 Å². The van der Waals surface area contributed by atoms with Crippen LogP contribution in [0.4, 0.5) is 11.5 Å². The van der Waals surface area contributed by atoms with E-state index in [-0.39, 0.29) is 0 Å². The number of pyridine rings is 2. The highest BCUT2D eigenvalue weighted by atomic mass is 15.3. The molecule has 26 heavy (non-hydrogen) atoms. The summed E-state index contributed by atoms with van der Waals surface area (Å²) in [6.45, 7) is 3.52. The molecule has 3 aromatic heterocycles. The molecule has 4 aromatic rings. The molecule has 0 aliphatic rings. The molecule has 0 fully saturated rings. The Morgan fingerprint density at radius 3 is 2.92 bits per heavy atom. The van der Waals surface area contributed by atoms with E-state index in [2.05, 4.69) is 45.5 Å². The number of aryl methyl sites for hydroxylation is 1. The van der Waals surface area contributed by atoms with Crippen LogP contribution in [0.5, 0.6) is 0 Å². The van der Waals surface area contributed by atoms with Gasteiger partial charge in [0, 0.05) is 36.4 Å². The highest BCUT2D eigenvalue weighted by Gasteiger charge is 2.07. The van der Waals surface area contributed by atoms with E-state index in [0.29, 0.717) is 18.1 Å². The smallest absolute Gasteiger partial charge is 0.150 e. The van der Waals surface area contributed by atoms with Crippen LogP contribution in [0.25, 0.3) is 22.2 Å². The number of nitrogens with one attached hydrogen (secondary N) is 1. The first-order valence-electron chi connectivity index (χ1n) is 8.60. The van der Waals surface area contributed by atoms with Gasteiger partial charge < -0.3 is 11.1 Å². The van der Waals surface area contributed by atoms with Crippen LogP contribution < -0.4 is 11.1 Å². The summed E-state index contributed by atoms with van der Waals surface area (Å²) < 4.78 is 1.88. The van der Waals surface area contributed by atoms with Crippen molar-refractivity contribution in [1.82, 2.24) is 19.7 Å². The van der Waals surface area contributed by atoms with E-state index in [1.54, 1.807) is 6.20 Å². The first kappa shape index (κ1) is 16.1. The van der Waals surface area contributed by atoms with Crippen molar-refractivity contribution in [1.29, 1.82) is 0 Å². The average Bonchev–Trinajstić information content (AvgIpc) is 3.16. The summed E-state index contributed by atoms with van der Waals surface area (Å²) in [5.74, 6) is 0.679. The van der Waals surface area contributed by atoms with Crippen LogP contribution in [0.2, 0.25) is 0 Å². The zero-order valence-corrected chi connectivity index (χ0v) is 14.6. The molecule has 0 saturated heterocycles. The first-order valence-corrected chi connectivity index (χ1v) is 8.60. The molecule has 6 nitrogen and oxygen atoms in total. The summed E-state index contributed by atoms with van der Waals surface area (Å²) in [6.07, 6.45) is 5.61. The van der Waals surface area contributed by atoms with E-state index < -0.39 is 0 Å². The summed E-state index contributed by atoms with van der Waals surface area (Å²) in [6, 6.07) is 14.0. The van der Waals surface area contributed by atoms with E-state index >= 15 is 0 Å². The van der Waals surface area contributed by atoms with E-state index in [1.165, 1.54) is 0 Å². The lowest BCUT2D eigenvalue weighted by molar-refractivity contribution is 0.660. The van der Waals surface area contributed by atoms with Crippen molar-refractivity contribution in [2.75, 3.05) is 11.1 Å². The SMILES string of the molecule is CCn1cc(-c2ccc(N)c(NCc3ccc4ncccc4c3)n2)cn1. The number of fused-ring (bicyclic) bond motifs is 1. The monoisotopic (exact) mass is 344 g/mol. The predicted octanol–water partition coefficient (Wildman–Crippen LogP) is 3.71. The van der Waals surface area contributed by atoms with Crippen molar-refractivity contribution in [2.24, 2.45) is 0 Å². The Bertz CT molecular complexity index is 1050. The number of anilines is 2. The van der Waals surface area contributed by atoms with E-state index in [9.17, 15) is 0 Å². The number of nitrogen functional groups attached to an aromatic ring is 1. The molecule has 0 bridgehead atoms. The van der Waals surface area contributed by atoms with Gasteiger partial charge in [0.15, 0.2) is 0 Å². The van der Waals surface area contributed by atoms with Gasteiger partial charge in [0.1, 0.15) is 5.82 Å². The Hall–Kier alpha value is -3.41. The normalized spacial score (nSPS) is 11.0. The number of hydrogen-bond donors (Lipinski definition) is 2. The fraction of sp³-hybridized carbons (Fsp3) is 0.150. The lowest BCUT2D eigenvalue weighted by Gasteiger charge is -2.10. The molecule has 0 atom stereocenters. The maximum Gasteiger partial charge on any atom is 0.150 e. The largest absolute Gasteiger partial charge is 0.396 e. The highest BCUT2D eigenvalue weighted by molar-refractivity contribution is 5.79. The third-order valence-corrected chi connectivity index (χ3v) is 4.31. The molecule has 0 spiro atoms. The number of nitrogens with two attached hydrogens (primary N) is 1. The summed E-state index contributed by atoms with van der Waals surface area (Å²) in [7, 11) is 0. The second kappa shape index (κ2) is 6.84. The molecule has 3 heterocycles. The fourth-order valence-electron chi connectivity index (χ4n) is 2.86. The molecule has 4 rings (SSSR count). The van der Waals surface area contributed by atoms with Crippen molar-refractivity contribution in [3.8, 4) is 11.3 Å². The van der Waals surface area contributed by atoms with Gasteiger partial charge in [0.05, 0.1) is 23.1 Å². The van der Waals surface area contributed by atoms with E-state index in [0.717, 1.165) is 34.3 Å². The number of aromatic nitrogens is 4. The van der Waals surface area contributed by atoms with Crippen LogP contribution in [0.15, 0.2) is 61.1 Å². The van der Waals surface area contributed by atoms with Crippen molar-refractivity contribution >= 4 is 22.4 Å². The van der Waals surface area contributed by atoms with Gasteiger partial charge in [-0.2, -0.15) is 5.10 Å². The molecule has 3 N–H and O–H groups in total. The second-order valence-electron chi connectivity index (χ2n) is 6.10. The third-order valence-electron chi connectivity index (χ3n) is 4.31. The number of benzene rings is 1. The van der Waals surface area contributed by atoms with Gasteiger partial charge in [-0.25, -0.2) is 4.98 Å². The Labute approximate surface area is 151 Å². The van der Waals surface area contributed by atoms with Gasteiger partial charge in [-0.15, -0.1) is 0 Å². The van der Waals surface area contributed by atoms with E-state index in [1.807, 2.05) is 41.3 Å². The van der Waals surface area contributed by atoms with Gasteiger partial charge in [-0.05, 0) is 42.8 Å². The molecule has 0 unspecified atom stereocenters. The van der Waals surface area contributed by atoms with Crippen LogP contribution in [0.1, 0.15) is 12.5 Å². The average molecular weight is 344 g/mol. The number of nitrogens with zero attached hydrogens (tertiary/aromatic N) is 4. The minimum absolute atomic E-state index is 0.624. The van der Waals surface area contributed by atoms with Gasteiger partial charge in [-0.1, -0.05) is 12.1 Å². The molecule has 0 amide bonds. The summed E-state index contributed by atoms with van der Waals surface area (Å²) in [5, 5.41) is 8.76. The van der Waals surface area contributed by atoms with Crippen molar-refractivity contribution in [2.45, 2.75) is 20.0 Å². The van der Waals surface area contributed by atoms with E-state index in [4.69, 9.17) is 5.73 Å². The Morgan fingerprint density at radius 2 is 2.08 bits per heavy atom. The van der Waals surface area contributed by atoms with Crippen LogP contribution >= 0.6 is 0 Å². The second-order valence-corrected chi connectivity index (χ2v) is 6.10. The maximum atomic E-state index is 6.10. The van der Waals surface area contributed by atoms with Crippen molar-refractivity contribution in [3.63, 3.8) is 0 Å². The fourth-order valence-corrected chi connectivity index (χ4v) is 2.86. The van der Waals surface area contributed by atoms with Crippen molar-refractivity contribution < 1.29 is 0 Å². The Morgan fingerprint density at radius 1 is 1.15 bits per heavy atom. The minimum Gasteiger partial charge on any atom is -0.396 e. The molecule has 1 aromatic carbocycles. The first-order chi connectivity index (χ1) is 12.7. The zero-order valence-electron chi connectivity index (χ0n) is 14.6. The molecular weight excluding hydrogens is 324 g/mol. The summed E-state index contributed by atoms with van der Waals surface area (Å²) in [4.78, 5) is 9.01. The lowest BCUT2D eigenvalue weighted by Crippen LogP contribution is -2.05. The van der Waals surface area contributed by atoms with Crippen molar-refractivity contribution in [3.05, 3.63) is 66.6 Å². The molecule has 0 aliphatic carbocycles. The zero-order chi connectivity index (χ0) is 17.9. The minimum atomic E-state index is 0.624. The molecule has 0 radical (unpaired) electrons. The van der Waals surface area contributed by atoms with Gasteiger partial charge in [-0.3, -0.25) is 9.67 Å². The maximum absolute atomic E-state index is 6.10. The topological polar surface area (TPSA) is 81.6 Å². The van der Waals surface area contributed by atoms with Crippen LogP contribution in [0, 0.1) is 0 Å². The lowest BCUT2D eigenvalue weighted by atomic mass is 10.1. The summed E-state index contributed by atoms with van der Waals surface area (Å²) >= 11 is 0. The molecular formula is C20H20N6. The summed E-state index contributed by atoms with van der Waals surface area (Å²) in [5.41, 5.74) is 10.7. The number of hydrogen-bond acceptors (Lipinski definition) is 5. The van der Waals surface area contributed by atoms with Gasteiger partial charge >= 0.3 is 0 Å². The number of rotatable bonds is 5. The molecule has 130 valence electrons.